The Labute approximate surface area is 182 Å². The zero-order valence-corrected chi connectivity index (χ0v) is 17.9. The van der Waals surface area contributed by atoms with Crippen LogP contribution in [0.3, 0.4) is 0 Å². The second kappa shape index (κ2) is 8.84. The standard InChI is InChI=1S/C25H27N5O/c1-2-19-15-24(22-9-5-6-10-23(22)26-19)31-16-17-11-13-18(14-12-17)20-7-3-4-8-21(20)25-27-29-30-28-25/h7-8,11-15H,2-6,9-10,16H2,1H3,(H,27,28,29,30). The lowest BCUT2D eigenvalue weighted by atomic mass is 9.91. The Morgan fingerprint density at radius 1 is 1.00 bits per heavy atom. The number of benzene rings is 1. The van der Waals surface area contributed by atoms with Crippen LogP contribution in [0.2, 0.25) is 0 Å². The number of tetrazole rings is 1. The van der Waals surface area contributed by atoms with E-state index < -0.39 is 0 Å². The van der Waals surface area contributed by atoms with Gasteiger partial charge >= 0.3 is 0 Å². The van der Waals surface area contributed by atoms with Crippen molar-refractivity contribution in [3.05, 3.63) is 76.4 Å². The Morgan fingerprint density at radius 2 is 1.81 bits per heavy atom. The molecule has 0 unspecified atom stereocenters. The summed E-state index contributed by atoms with van der Waals surface area (Å²) in [6.45, 7) is 2.71. The van der Waals surface area contributed by atoms with Crippen molar-refractivity contribution < 1.29 is 4.74 Å². The van der Waals surface area contributed by atoms with Gasteiger partial charge in [0, 0.05) is 28.6 Å². The van der Waals surface area contributed by atoms with Crippen molar-refractivity contribution in [2.75, 3.05) is 0 Å². The number of nitrogens with zero attached hydrogens (tertiary/aromatic N) is 4. The summed E-state index contributed by atoms with van der Waals surface area (Å²) < 4.78 is 6.30. The maximum Gasteiger partial charge on any atom is 0.204 e. The van der Waals surface area contributed by atoms with E-state index in [1.165, 1.54) is 24.1 Å². The molecule has 2 aliphatic rings. The van der Waals surface area contributed by atoms with Crippen LogP contribution in [-0.2, 0) is 25.9 Å². The van der Waals surface area contributed by atoms with Gasteiger partial charge in [0.25, 0.3) is 0 Å². The molecule has 158 valence electrons. The molecule has 2 heterocycles. The van der Waals surface area contributed by atoms with Gasteiger partial charge in [-0.2, -0.15) is 5.21 Å². The first kappa shape index (κ1) is 19.7. The van der Waals surface area contributed by atoms with E-state index in [-0.39, 0.29) is 0 Å². The third-order valence-electron chi connectivity index (χ3n) is 6.07. The second-order valence-electron chi connectivity index (χ2n) is 8.13. The molecule has 2 aromatic heterocycles. The molecule has 0 atom stereocenters. The number of hydrogen-bond acceptors (Lipinski definition) is 5. The maximum atomic E-state index is 6.30. The number of hydrogen-bond donors (Lipinski definition) is 1. The lowest BCUT2D eigenvalue weighted by Gasteiger charge is -2.20. The van der Waals surface area contributed by atoms with Crippen LogP contribution in [0.25, 0.3) is 11.1 Å². The molecule has 1 aromatic carbocycles. The molecule has 0 spiro atoms. The molecule has 3 aromatic rings. The highest BCUT2D eigenvalue weighted by Gasteiger charge is 2.18. The van der Waals surface area contributed by atoms with Gasteiger partial charge in [-0.3, -0.25) is 4.98 Å². The van der Waals surface area contributed by atoms with Crippen LogP contribution in [0, 0.1) is 0 Å². The fourth-order valence-corrected chi connectivity index (χ4v) is 4.41. The quantitative estimate of drug-likeness (QED) is 0.623. The van der Waals surface area contributed by atoms with Gasteiger partial charge in [0.15, 0.2) is 0 Å². The summed E-state index contributed by atoms with van der Waals surface area (Å²) >= 11 is 0. The minimum absolute atomic E-state index is 0.562. The highest BCUT2D eigenvalue weighted by atomic mass is 16.5. The summed E-state index contributed by atoms with van der Waals surface area (Å²) in [5.74, 6) is 1.66. The van der Waals surface area contributed by atoms with E-state index >= 15 is 0 Å². The van der Waals surface area contributed by atoms with Gasteiger partial charge in [0.1, 0.15) is 12.4 Å². The molecule has 0 aliphatic heterocycles. The van der Waals surface area contributed by atoms with E-state index in [2.05, 4.69) is 70.0 Å². The Kier molecular flexibility index (Phi) is 5.61. The molecule has 6 heteroatoms. The smallest absolute Gasteiger partial charge is 0.204 e. The Balaban J connectivity index is 1.33. The molecular weight excluding hydrogens is 386 g/mol. The van der Waals surface area contributed by atoms with Crippen LogP contribution < -0.4 is 4.74 Å². The van der Waals surface area contributed by atoms with Gasteiger partial charge in [-0.05, 0) is 66.9 Å². The average Bonchev–Trinajstić information content (AvgIpc) is 3.37. The van der Waals surface area contributed by atoms with Crippen molar-refractivity contribution in [1.29, 1.82) is 0 Å². The molecule has 0 saturated carbocycles. The number of pyridine rings is 1. The number of rotatable bonds is 6. The predicted octanol–water partition coefficient (Wildman–Crippen LogP) is 4.88. The van der Waals surface area contributed by atoms with Crippen LogP contribution in [-0.4, -0.2) is 25.6 Å². The first-order valence-corrected chi connectivity index (χ1v) is 11.2. The van der Waals surface area contributed by atoms with Gasteiger partial charge in [0.2, 0.25) is 5.82 Å². The molecule has 0 saturated heterocycles. The molecule has 2 aliphatic carbocycles. The Hall–Kier alpha value is -3.28. The van der Waals surface area contributed by atoms with Gasteiger partial charge < -0.3 is 4.74 Å². The lowest BCUT2D eigenvalue weighted by Crippen LogP contribution is -2.10. The van der Waals surface area contributed by atoms with Gasteiger partial charge in [-0.15, -0.1) is 10.2 Å². The number of aromatic nitrogens is 5. The molecule has 6 nitrogen and oxygen atoms in total. The summed E-state index contributed by atoms with van der Waals surface area (Å²) in [7, 11) is 0. The highest BCUT2D eigenvalue weighted by Crippen LogP contribution is 2.34. The zero-order valence-electron chi connectivity index (χ0n) is 17.9. The van der Waals surface area contributed by atoms with Gasteiger partial charge in [-0.1, -0.05) is 43.3 Å². The largest absolute Gasteiger partial charge is 0.488 e. The monoisotopic (exact) mass is 413 g/mol. The molecule has 0 amide bonds. The van der Waals surface area contributed by atoms with Crippen LogP contribution in [0.15, 0.2) is 42.5 Å². The normalized spacial score (nSPS) is 15.8. The number of H-pyrrole nitrogens is 1. The molecule has 0 fully saturated rings. The Bertz CT molecular complexity index is 1110. The molecule has 0 radical (unpaired) electrons. The van der Waals surface area contributed by atoms with E-state index in [0.29, 0.717) is 12.4 Å². The summed E-state index contributed by atoms with van der Waals surface area (Å²) in [6, 6.07) is 10.7. The lowest BCUT2D eigenvalue weighted by molar-refractivity contribution is 0.300. The zero-order chi connectivity index (χ0) is 21.0. The number of allylic oxidation sites excluding steroid dienone is 4. The molecule has 5 rings (SSSR count). The number of ether oxygens (including phenoxy) is 1. The van der Waals surface area contributed by atoms with Crippen molar-refractivity contribution in [3.8, 4) is 5.75 Å². The number of aromatic amines is 1. The minimum atomic E-state index is 0.562. The predicted molar refractivity (Wildman–Crippen MR) is 120 cm³/mol. The molecular formula is C25H27N5O. The van der Waals surface area contributed by atoms with Crippen molar-refractivity contribution in [2.45, 2.75) is 58.5 Å². The van der Waals surface area contributed by atoms with Gasteiger partial charge in [-0.25, -0.2) is 0 Å². The summed E-state index contributed by atoms with van der Waals surface area (Å²) in [6.07, 6.45) is 12.0. The van der Waals surface area contributed by atoms with Crippen molar-refractivity contribution in [1.82, 2.24) is 25.6 Å². The first-order valence-electron chi connectivity index (χ1n) is 11.2. The topological polar surface area (TPSA) is 76.6 Å². The first-order chi connectivity index (χ1) is 15.3. The summed E-state index contributed by atoms with van der Waals surface area (Å²) in [4.78, 5) is 4.83. The molecule has 0 bridgehead atoms. The fourth-order valence-electron chi connectivity index (χ4n) is 4.41. The third-order valence-corrected chi connectivity index (χ3v) is 6.07. The van der Waals surface area contributed by atoms with Crippen LogP contribution in [0.5, 0.6) is 5.75 Å². The van der Waals surface area contributed by atoms with Crippen LogP contribution >= 0.6 is 0 Å². The van der Waals surface area contributed by atoms with Crippen molar-refractivity contribution in [2.24, 2.45) is 0 Å². The second-order valence-corrected chi connectivity index (χ2v) is 8.13. The van der Waals surface area contributed by atoms with Crippen LogP contribution in [0.4, 0.5) is 0 Å². The summed E-state index contributed by atoms with van der Waals surface area (Å²) in [5, 5.41) is 14.6. The van der Waals surface area contributed by atoms with E-state index in [0.717, 1.165) is 65.8 Å². The number of nitrogens with one attached hydrogen (secondary N) is 1. The third kappa shape index (κ3) is 4.15. The SMILES string of the molecule is CCc1cc(OCc2ccc(C3=CCCC=C3c3nn[nH]n3)cc2)c2c(n1)CCCC2. The van der Waals surface area contributed by atoms with E-state index in [1.54, 1.807) is 0 Å². The van der Waals surface area contributed by atoms with E-state index in [4.69, 9.17) is 9.72 Å². The number of fused-ring (bicyclic) bond motifs is 1. The van der Waals surface area contributed by atoms with Gasteiger partial charge in [0.05, 0.1) is 0 Å². The van der Waals surface area contributed by atoms with E-state index in [1.807, 2.05) is 0 Å². The fraction of sp³-hybridized carbons (Fsp3) is 0.360. The minimum Gasteiger partial charge on any atom is -0.488 e. The molecule has 1 N–H and O–H groups in total. The Morgan fingerprint density at radius 3 is 2.58 bits per heavy atom. The highest BCUT2D eigenvalue weighted by molar-refractivity contribution is 6.03. The summed E-state index contributed by atoms with van der Waals surface area (Å²) in [5.41, 5.74) is 8.19. The van der Waals surface area contributed by atoms with Crippen molar-refractivity contribution >= 4 is 11.1 Å². The van der Waals surface area contributed by atoms with Crippen molar-refractivity contribution in [3.63, 3.8) is 0 Å². The van der Waals surface area contributed by atoms with Crippen LogP contribution in [0.1, 0.15) is 66.5 Å². The molecule has 31 heavy (non-hydrogen) atoms. The number of aryl methyl sites for hydroxylation is 2. The maximum absolute atomic E-state index is 6.30. The van der Waals surface area contributed by atoms with E-state index in [9.17, 15) is 0 Å². The average molecular weight is 414 g/mol.